The number of aryl methyl sites for hydroxylation is 1. The summed E-state index contributed by atoms with van der Waals surface area (Å²) in [5.41, 5.74) is 0. The first-order valence-electron chi connectivity index (χ1n) is 4.32. The second-order valence-corrected chi connectivity index (χ2v) is 6.88. The van der Waals surface area contributed by atoms with E-state index in [0.717, 1.165) is 0 Å². The third-order valence-electron chi connectivity index (χ3n) is 1.64. The van der Waals surface area contributed by atoms with Crippen molar-refractivity contribution in [1.29, 1.82) is 0 Å². The summed E-state index contributed by atoms with van der Waals surface area (Å²) in [6.07, 6.45) is 1.39. The average Bonchev–Trinajstić information content (AvgIpc) is 2.66. The number of aromatic nitrogens is 4. The summed E-state index contributed by atoms with van der Waals surface area (Å²) in [7, 11) is -3.23. The van der Waals surface area contributed by atoms with E-state index in [0.29, 0.717) is 0 Å². The molecule has 0 spiro atoms. The molecular formula is C6H12IN5O2S. The molecule has 7 nitrogen and oxygen atoms in total. The maximum atomic E-state index is 11.7. The minimum absolute atomic E-state index is 0.000833. The lowest BCUT2D eigenvalue weighted by Gasteiger charge is -2.18. The molecule has 0 aromatic carbocycles. The van der Waals surface area contributed by atoms with Crippen molar-refractivity contribution in [2.45, 2.75) is 26.4 Å². The molecule has 0 atom stereocenters. The average molecular weight is 345 g/mol. The Balaban J connectivity index is 2.58. The van der Waals surface area contributed by atoms with E-state index in [-0.39, 0.29) is 18.3 Å². The zero-order valence-electron chi connectivity index (χ0n) is 8.41. The summed E-state index contributed by atoms with van der Waals surface area (Å²) in [5.74, 6) is -0.000833. The smallest absolute Gasteiger partial charge is 0.224 e. The number of rotatable bonds is 5. The monoisotopic (exact) mass is 345 g/mol. The predicted octanol–water partition coefficient (Wildman–Crippen LogP) is 0.0633. The highest BCUT2D eigenvalue weighted by Gasteiger charge is 2.22. The molecular weight excluding hydrogens is 333 g/mol. The first-order chi connectivity index (χ1) is 6.93. The number of hydrogen-bond donors (Lipinski definition) is 0. The van der Waals surface area contributed by atoms with Gasteiger partial charge in [0.15, 0.2) is 0 Å². The van der Waals surface area contributed by atoms with Gasteiger partial charge in [-0.05, 0) is 24.3 Å². The minimum Gasteiger partial charge on any atom is -0.231 e. The Bertz CT molecular complexity index is 390. The molecule has 9 heteroatoms. The zero-order valence-corrected chi connectivity index (χ0v) is 11.4. The summed E-state index contributed by atoms with van der Waals surface area (Å²) >= 11 is 1.80. The third kappa shape index (κ3) is 3.65. The van der Waals surface area contributed by atoms with Crippen LogP contribution in [0.4, 0.5) is 0 Å². The van der Waals surface area contributed by atoms with Crippen LogP contribution in [0.1, 0.15) is 13.8 Å². The lowest BCUT2D eigenvalue weighted by atomic mass is 10.4. The largest absolute Gasteiger partial charge is 0.231 e. The van der Waals surface area contributed by atoms with Crippen molar-refractivity contribution in [2.75, 3.05) is 5.75 Å². The van der Waals surface area contributed by atoms with Crippen LogP contribution < -0.4 is 0 Å². The van der Waals surface area contributed by atoms with Gasteiger partial charge >= 0.3 is 0 Å². The Kier molecular flexibility index (Phi) is 4.40. The van der Waals surface area contributed by atoms with Crippen molar-refractivity contribution in [3.05, 3.63) is 6.33 Å². The van der Waals surface area contributed by atoms with Gasteiger partial charge in [-0.25, -0.2) is 13.1 Å². The molecule has 0 saturated heterocycles. The van der Waals surface area contributed by atoms with Gasteiger partial charge in [0.05, 0.1) is 12.3 Å². The van der Waals surface area contributed by atoms with Crippen molar-refractivity contribution in [3.63, 3.8) is 0 Å². The minimum atomic E-state index is -3.23. The quantitative estimate of drug-likeness (QED) is 0.557. The van der Waals surface area contributed by atoms with Gasteiger partial charge in [0.25, 0.3) is 0 Å². The van der Waals surface area contributed by atoms with E-state index in [1.807, 2.05) is 13.8 Å². The highest BCUT2D eigenvalue weighted by atomic mass is 127. The summed E-state index contributed by atoms with van der Waals surface area (Å²) < 4.78 is 26.1. The number of nitrogens with zero attached hydrogens (tertiary/aromatic N) is 5. The summed E-state index contributed by atoms with van der Waals surface area (Å²) in [6.45, 7) is 3.91. The van der Waals surface area contributed by atoms with Gasteiger partial charge in [0.1, 0.15) is 6.33 Å². The molecule has 0 bridgehead atoms. The fourth-order valence-corrected chi connectivity index (χ4v) is 2.73. The van der Waals surface area contributed by atoms with Gasteiger partial charge in [-0.1, -0.05) is 0 Å². The lowest BCUT2D eigenvalue weighted by Crippen LogP contribution is -2.31. The van der Waals surface area contributed by atoms with Crippen LogP contribution in [0.2, 0.25) is 0 Å². The van der Waals surface area contributed by atoms with Gasteiger partial charge in [0.2, 0.25) is 10.0 Å². The van der Waals surface area contributed by atoms with E-state index in [9.17, 15) is 8.42 Å². The molecule has 1 rings (SSSR count). The topological polar surface area (TPSA) is 81.0 Å². The van der Waals surface area contributed by atoms with E-state index in [1.54, 1.807) is 22.9 Å². The van der Waals surface area contributed by atoms with Gasteiger partial charge in [-0.3, -0.25) is 0 Å². The molecule has 0 aliphatic carbocycles. The van der Waals surface area contributed by atoms with Crippen LogP contribution >= 0.6 is 22.9 Å². The number of tetrazole rings is 1. The van der Waals surface area contributed by atoms with Crippen molar-refractivity contribution < 1.29 is 8.42 Å². The van der Waals surface area contributed by atoms with Crippen molar-refractivity contribution >= 4 is 32.9 Å². The van der Waals surface area contributed by atoms with Crippen molar-refractivity contribution in [1.82, 2.24) is 22.7 Å². The second-order valence-electron chi connectivity index (χ2n) is 3.22. The molecule has 1 aromatic rings. The summed E-state index contributed by atoms with van der Waals surface area (Å²) in [6, 6.07) is -0.0514. The van der Waals surface area contributed by atoms with E-state index >= 15 is 0 Å². The lowest BCUT2D eigenvalue weighted by molar-refractivity contribution is 0.510. The molecule has 1 heterocycles. The zero-order chi connectivity index (χ0) is 11.5. The van der Waals surface area contributed by atoms with Crippen LogP contribution in [0, 0.1) is 0 Å². The van der Waals surface area contributed by atoms with Crippen LogP contribution in [-0.4, -0.2) is 42.9 Å². The van der Waals surface area contributed by atoms with Crippen LogP contribution in [-0.2, 0) is 16.6 Å². The molecule has 0 radical (unpaired) electrons. The number of hydrogen-bond acceptors (Lipinski definition) is 5. The molecule has 0 aliphatic heterocycles. The fourth-order valence-electron chi connectivity index (χ4n) is 0.900. The van der Waals surface area contributed by atoms with Gasteiger partial charge in [-0.2, -0.15) is 0 Å². The third-order valence-corrected chi connectivity index (χ3v) is 6.21. The number of sulfonamides is 1. The summed E-state index contributed by atoms with van der Waals surface area (Å²) in [5, 5.41) is 10.4. The molecule has 0 saturated carbocycles. The van der Waals surface area contributed by atoms with Crippen LogP contribution in [0.25, 0.3) is 0 Å². The molecule has 0 fully saturated rings. The Morgan fingerprint density at radius 2 is 2.20 bits per heavy atom. The first kappa shape index (κ1) is 12.8. The summed E-state index contributed by atoms with van der Waals surface area (Å²) in [4.78, 5) is 0. The molecule has 0 amide bonds. The predicted molar refractivity (Wildman–Crippen MR) is 62.6 cm³/mol. The van der Waals surface area contributed by atoms with Crippen LogP contribution in [0.15, 0.2) is 6.33 Å². The van der Waals surface area contributed by atoms with Crippen LogP contribution in [0.5, 0.6) is 0 Å². The van der Waals surface area contributed by atoms with E-state index in [1.165, 1.54) is 13.5 Å². The molecule has 0 N–H and O–H groups in total. The Hall–Kier alpha value is -0.290. The van der Waals surface area contributed by atoms with Gasteiger partial charge < -0.3 is 0 Å². The van der Waals surface area contributed by atoms with Crippen LogP contribution in [0.3, 0.4) is 0 Å². The van der Waals surface area contributed by atoms with Crippen molar-refractivity contribution in [3.8, 4) is 0 Å². The second kappa shape index (κ2) is 5.16. The Morgan fingerprint density at radius 3 is 2.67 bits per heavy atom. The Morgan fingerprint density at radius 1 is 1.53 bits per heavy atom. The highest BCUT2D eigenvalue weighted by Crippen LogP contribution is 2.13. The van der Waals surface area contributed by atoms with Crippen molar-refractivity contribution in [2.24, 2.45) is 0 Å². The molecule has 0 aliphatic rings. The fraction of sp³-hybridized carbons (Fsp3) is 0.833. The van der Waals surface area contributed by atoms with E-state index < -0.39 is 10.0 Å². The number of halogens is 1. The van der Waals surface area contributed by atoms with Gasteiger partial charge in [-0.15, -0.1) is 7.62 Å². The first-order valence-corrected chi connectivity index (χ1v) is 6.89. The molecule has 86 valence electrons. The standard InChI is InChI=1S/C6H12IN5O2S/c1-6(2)12(7)15(13,14)4-3-11-5-8-9-10-11/h5-6H,3-4H2,1-2H3. The van der Waals surface area contributed by atoms with E-state index in [2.05, 4.69) is 15.5 Å². The maximum absolute atomic E-state index is 11.7. The molecule has 15 heavy (non-hydrogen) atoms. The maximum Gasteiger partial charge on any atom is 0.224 e. The highest BCUT2D eigenvalue weighted by molar-refractivity contribution is 14.1. The molecule has 1 aromatic heterocycles. The molecule has 0 unspecified atom stereocenters. The SMILES string of the molecule is CC(C)N(I)S(=O)(=O)CCn1cnnn1. The normalized spacial score (nSPS) is 12.6. The van der Waals surface area contributed by atoms with Gasteiger partial charge in [0, 0.05) is 28.9 Å². The Labute approximate surface area is 102 Å². The van der Waals surface area contributed by atoms with E-state index in [4.69, 9.17) is 0 Å².